The predicted molar refractivity (Wildman–Crippen MR) is 55.1 cm³/mol. The minimum atomic E-state index is -3.69. The maximum atomic E-state index is 12.4. The van der Waals surface area contributed by atoms with Gasteiger partial charge in [-0.1, -0.05) is 12.6 Å². The Hall–Kier alpha value is -0.360. The average Bonchev–Trinajstić information content (AvgIpc) is 2.50. The molecule has 1 unspecified atom stereocenters. The molecule has 0 aromatic carbocycles. The highest BCUT2D eigenvalue weighted by molar-refractivity contribution is 7.82. The van der Waals surface area contributed by atoms with E-state index in [9.17, 15) is 13.6 Å². The fraction of sp³-hybridized carbons (Fsp3) is 0.889. The molecule has 1 aliphatic heterocycles. The van der Waals surface area contributed by atoms with Gasteiger partial charge in [-0.2, -0.15) is 8.78 Å². The lowest BCUT2D eigenvalue weighted by Gasteiger charge is -2.20. The highest BCUT2D eigenvalue weighted by Gasteiger charge is 2.39. The maximum absolute atomic E-state index is 12.4. The second kappa shape index (κ2) is 4.65. The summed E-state index contributed by atoms with van der Waals surface area (Å²) in [5.74, 6) is -1.55. The Morgan fingerprint density at radius 3 is 2.60 bits per heavy atom. The molecule has 0 N–H and O–H groups in total. The van der Waals surface area contributed by atoms with Crippen molar-refractivity contribution in [3.63, 3.8) is 0 Å². The second-order valence-electron chi connectivity index (χ2n) is 3.95. The fourth-order valence-electron chi connectivity index (χ4n) is 1.54. The molecule has 3 nitrogen and oxygen atoms in total. The smallest absolute Gasteiger partial charge is 0.388 e. The summed E-state index contributed by atoms with van der Waals surface area (Å²) in [6, 6.07) is 0.338. The van der Waals surface area contributed by atoms with Gasteiger partial charge in [-0.25, -0.2) is 4.79 Å². The van der Waals surface area contributed by atoms with Gasteiger partial charge in [0, 0.05) is 19.1 Å². The van der Waals surface area contributed by atoms with Gasteiger partial charge in [0.1, 0.15) is 6.10 Å². The Kier molecular flexibility index (Phi) is 3.94. The number of rotatable bonds is 3. The Balaban J connectivity index is 2.40. The summed E-state index contributed by atoms with van der Waals surface area (Å²) in [4.78, 5) is 12.9. The molecular weight excluding hydrogens is 224 g/mol. The monoisotopic (exact) mass is 239 g/mol. The van der Waals surface area contributed by atoms with Crippen LogP contribution in [0.4, 0.5) is 8.78 Å². The molecule has 1 aliphatic rings. The van der Waals surface area contributed by atoms with E-state index < -0.39 is 17.3 Å². The number of thiol groups is 1. The van der Waals surface area contributed by atoms with E-state index in [-0.39, 0.29) is 0 Å². The number of nitrogens with zero attached hydrogens (tertiary/aromatic N) is 1. The quantitative estimate of drug-likeness (QED) is 0.598. The molecule has 0 spiro atoms. The standard InChI is InChI=1S/C9H15F2NO2S/c1-6(2)12-4-3-7(5-12)14-8(13)9(10,11)15/h6-7,15H,3-5H2,1-2H3. The highest BCUT2D eigenvalue weighted by atomic mass is 32.1. The fourth-order valence-corrected chi connectivity index (χ4v) is 1.59. The van der Waals surface area contributed by atoms with Crippen LogP contribution in [0.15, 0.2) is 0 Å². The van der Waals surface area contributed by atoms with Crippen molar-refractivity contribution in [2.24, 2.45) is 0 Å². The molecule has 0 radical (unpaired) electrons. The van der Waals surface area contributed by atoms with Gasteiger partial charge in [-0.3, -0.25) is 4.90 Å². The Morgan fingerprint density at radius 1 is 1.60 bits per heavy atom. The first-order valence-electron chi connectivity index (χ1n) is 4.86. The van der Waals surface area contributed by atoms with Crippen molar-refractivity contribution in [2.45, 2.75) is 37.7 Å². The van der Waals surface area contributed by atoms with E-state index in [4.69, 9.17) is 0 Å². The molecule has 1 saturated heterocycles. The van der Waals surface area contributed by atoms with E-state index in [1.165, 1.54) is 0 Å². The van der Waals surface area contributed by atoms with Crippen LogP contribution >= 0.6 is 12.6 Å². The van der Waals surface area contributed by atoms with E-state index in [2.05, 4.69) is 22.3 Å². The molecule has 1 fully saturated rings. The number of alkyl halides is 2. The van der Waals surface area contributed by atoms with Crippen molar-refractivity contribution in [2.75, 3.05) is 13.1 Å². The Bertz CT molecular complexity index is 243. The summed E-state index contributed by atoms with van der Waals surface area (Å²) in [7, 11) is 0. The van der Waals surface area contributed by atoms with Gasteiger partial charge in [0.15, 0.2) is 0 Å². The molecule has 0 saturated carbocycles. The zero-order valence-corrected chi connectivity index (χ0v) is 9.64. The van der Waals surface area contributed by atoms with Gasteiger partial charge in [0.25, 0.3) is 0 Å². The number of esters is 1. The third kappa shape index (κ3) is 3.61. The highest BCUT2D eigenvalue weighted by Crippen LogP contribution is 2.23. The second-order valence-corrected chi connectivity index (χ2v) is 4.51. The first-order chi connectivity index (χ1) is 6.80. The van der Waals surface area contributed by atoms with Crippen LogP contribution in [0.25, 0.3) is 0 Å². The van der Waals surface area contributed by atoms with Gasteiger partial charge in [-0.15, -0.1) is 0 Å². The number of hydrogen-bond acceptors (Lipinski definition) is 4. The summed E-state index contributed by atoms with van der Waals surface area (Å²) in [6.45, 7) is 5.32. The van der Waals surface area contributed by atoms with Crippen LogP contribution in [0, 0.1) is 0 Å². The van der Waals surface area contributed by atoms with E-state index >= 15 is 0 Å². The molecule has 1 rings (SSSR count). The first kappa shape index (κ1) is 12.7. The molecule has 88 valence electrons. The lowest BCUT2D eigenvalue weighted by Crippen LogP contribution is -2.33. The van der Waals surface area contributed by atoms with Crippen LogP contribution in [-0.4, -0.2) is 41.4 Å². The van der Waals surface area contributed by atoms with Gasteiger partial charge in [0.2, 0.25) is 0 Å². The summed E-state index contributed by atoms with van der Waals surface area (Å²) in [6.07, 6.45) is 0.172. The number of carbonyl (C=O) groups is 1. The molecule has 0 aromatic rings. The minimum absolute atomic E-state index is 0.338. The van der Waals surface area contributed by atoms with Crippen LogP contribution in [0.1, 0.15) is 20.3 Å². The molecular formula is C9H15F2NO2S. The molecule has 0 bridgehead atoms. The molecule has 0 amide bonds. The van der Waals surface area contributed by atoms with E-state index in [1.807, 2.05) is 13.8 Å². The number of likely N-dealkylation sites (tertiary alicyclic amines) is 1. The van der Waals surface area contributed by atoms with Crippen molar-refractivity contribution < 1.29 is 18.3 Å². The van der Waals surface area contributed by atoms with Gasteiger partial charge < -0.3 is 4.74 Å². The lowest BCUT2D eigenvalue weighted by atomic mass is 10.3. The van der Waals surface area contributed by atoms with Crippen LogP contribution < -0.4 is 0 Å². The molecule has 6 heteroatoms. The molecule has 1 atom stereocenters. The number of carbonyl (C=O) groups excluding carboxylic acids is 1. The molecule has 0 aliphatic carbocycles. The van der Waals surface area contributed by atoms with E-state index in [1.54, 1.807) is 0 Å². The van der Waals surface area contributed by atoms with Gasteiger partial charge in [0.05, 0.1) is 0 Å². The average molecular weight is 239 g/mol. The summed E-state index contributed by atoms with van der Waals surface area (Å²) in [5.41, 5.74) is 0. The summed E-state index contributed by atoms with van der Waals surface area (Å²) >= 11 is 2.86. The summed E-state index contributed by atoms with van der Waals surface area (Å²) < 4.78 is 29.5. The Labute approximate surface area is 93.2 Å². The molecule has 1 heterocycles. The zero-order chi connectivity index (χ0) is 11.6. The normalized spacial score (nSPS) is 23.5. The third-order valence-corrected chi connectivity index (χ3v) is 2.61. The number of halogens is 2. The summed E-state index contributed by atoms with van der Waals surface area (Å²) in [5, 5.41) is -3.69. The van der Waals surface area contributed by atoms with Gasteiger partial charge in [-0.05, 0) is 20.3 Å². The maximum Gasteiger partial charge on any atom is 0.388 e. The SMILES string of the molecule is CC(C)N1CCC(OC(=O)C(F)(F)S)C1. The largest absolute Gasteiger partial charge is 0.456 e. The predicted octanol–water partition coefficient (Wildman–Crippen LogP) is 1.53. The van der Waals surface area contributed by atoms with Crippen molar-refractivity contribution >= 4 is 18.6 Å². The van der Waals surface area contributed by atoms with E-state index in [0.717, 1.165) is 6.54 Å². The minimum Gasteiger partial charge on any atom is -0.456 e. The van der Waals surface area contributed by atoms with Crippen molar-refractivity contribution in [3.05, 3.63) is 0 Å². The van der Waals surface area contributed by atoms with Crippen LogP contribution in [-0.2, 0) is 9.53 Å². The lowest BCUT2D eigenvalue weighted by molar-refractivity contribution is -0.164. The topological polar surface area (TPSA) is 29.5 Å². The first-order valence-corrected chi connectivity index (χ1v) is 5.30. The van der Waals surface area contributed by atoms with Gasteiger partial charge >= 0.3 is 11.2 Å². The van der Waals surface area contributed by atoms with Crippen molar-refractivity contribution in [3.8, 4) is 0 Å². The van der Waals surface area contributed by atoms with E-state index in [0.29, 0.717) is 19.0 Å². The van der Waals surface area contributed by atoms with Crippen LogP contribution in [0.3, 0.4) is 0 Å². The third-order valence-electron chi connectivity index (χ3n) is 2.43. The molecule has 15 heavy (non-hydrogen) atoms. The van der Waals surface area contributed by atoms with Crippen molar-refractivity contribution in [1.29, 1.82) is 0 Å². The van der Waals surface area contributed by atoms with Crippen molar-refractivity contribution in [1.82, 2.24) is 4.90 Å². The van der Waals surface area contributed by atoms with Crippen LogP contribution in [0.5, 0.6) is 0 Å². The van der Waals surface area contributed by atoms with Crippen LogP contribution in [0.2, 0.25) is 0 Å². The molecule has 0 aromatic heterocycles. The Morgan fingerprint density at radius 2 is 2.20 bits per heavy atom. The number of hydrogen-bond donors (Lipinski definition) is 1. The zero-order valence-electron chi connectivity index (χ0n) is 8.74. The number of ether oxygens (including phenoxy) is 1.